The van der Waals surface area contributed by atoms with Gasteiger partial charge in [0.15, 0.2) is 11.6 Å². The molecule has 0 radical (unpaired) electrons. The summed E-state index contributed by atoms with van der Waals surface area (Å²) in [6, 6.07) is 4.76. The zero-order valence-corrected chi connectivity index (χ0v) is 19.5. The molecule has 1 aliphatic rings. The Balaban J connectivity index is 1.84. The first-order valence-corrected chi connectivity index (χ1v) is 10.9. The molecule has 2 heterocycles. The average Bonchev–Trinajstić information content (AvgIpc) is 3.14. The number of ketones is 1. The van der Waals surface area contributed by atoms with E-state index in [1.165, 1.54) is 13.0 Å². The highest BCUT2D eigenvalue weighted by atomic mass is 127. The smallest absolute Gasteiger partial charge is 0.254 e. The maximum Gasteiger partial charge on any atom is 0.254 e. The van der Waals surface area contributed by atoms with Crippen LogP contribution in [0.5, 0.6) is 0 Å². The van der Waals surface area contributed by atoms with Crippen LogP contribution in [0.3, 0.4) is 0 Å². The Bertz CT molecular complexity index is 960. The third-order valence-electron chi connectivity index (χ3n) is 4.43. The molecule has 2 N–H and O–H groups in total. The molecule has 0 saturated carbocycles. The van der Waals surface area contributed by atoms with Gasteiger partial charge in [-0.1, -0.05) is 0 Å². The first-order valence-electron chi connectivity index (χ1n) is 9.04. The number of halogens is 2. The Labute approximate surface area is 186 Å². The third kappa shape index (κ3) is 5.14. The summed E-state index contributed by atoms with van der Waals surface area (Å²) in [5.41, 5.74) is 1.14. The summed E-state index contributed by atoms with van der Waals surface area (Å²) in [5.74, 6) is -1.61. The van der Waals surface area contributed by atoms with E-state index in [2.05, 4.69) is 10.6 Å². The number of anilines is 2. The van der Waals surface area contributed by atoms with E-state index in [1.807, 2.05) is 36.4 Å². The Kier molecular flexibility index (Phi) is 6.61. The lowest BCUT2D eigenvalue weighted by atomic mass is 10.1. The minimum atomic E-state index is -0.676. The number of carbonyl (C=O) groups is 2. The van der Waals surface area contributed by atoms with Crippen LogP contribution in [0.25, 0.3) is 0 Å². The van der Waals surface area contributed by atoms with Gasteiger partial charge < -0.3 is 20.1 Å². The number of hydrogen-bond acceptors (Lipinski definition) is 6. The van der Waals surface area contributed by atoms with E-state index in [4.69, 9.17) is 9.47 Å². The number of benzene rings is 1. The highest BCUT2D eigenvalue weighted by Crippen LogP contribution is 2.36. The van der Waals surface area contributed by atoms with Gasteiger partial charge in [0, 0.05) is 10.1 Å². The van der Waals surface area contributed by atoms with E-state index in [0.717, 1.165) is 14.9 Å². The van der Waals surface area contributed by atoms with Gasteiger partial charge in [0.2, 0.25) is 0 Å². The summed E-state index contributed by atoms with van der Waals surface area (Å²) >= 11 is 3.17. The number of Topliss-reactive ketones (excluding diaryl/α,β-unsaturated/α-hetero) is 1. The number of thiophene rings is 1. The minimum Gasteiger partial charge on any atom is -0.349 e. The molecule has 1 saturated heterocycles. The monoisotopic (exact) mass is 532 g/mol. The van der Waals surface area contributed by atoms with Crippen LogP contribution in [0.15, 0.2) is 18.2 Å². The van der Waals surface area contributed by atoms with Gasteiger partial charge in [0.25, 0.3) is 5.91 Å². The third-order valence-corrected chi connectivity index (χ3v) is 6.41. The predicted molar refractivity (Wildman–Crippen MR) is 119 cm³/mol. The van der Waals surface area contributed by atoms with Crippen LogP contribution >= 0.6 is 33.9 Å². The van der Waals surface area contributed by atoms with Crippen LogP contribution in [0.4, 0.5) is 15.1 Å². The Morgan fingerprint density at radius 3 is 2.69 bits per heavy atom. The van der Waals surface area contributed by atoms with Crippen LogP contribution in [-0.2, 0) is 9.47 Å². The van der Waals surface area contributed by atoms with Gasteiger partial charge in [0.05, 0.1) is 22.7 Å². The van der Waals surface area contributed by atoms with Crippen LogP contribution in [0, 0.1) is 16.3 Å². The van der Waals surface area contributed by atoms with E-state index in [-0.39, 0.29) is 30.0 Å². The SMILES string of the molecule is CC(=O)c1sc(Nc2ccc(I)cc2F)c(C(=O)NC[C@H]2COC(C)(C)O2)c1C. The first-order chi connectivity index (χ1) is 13.6. The topological polar surface area (TPSA) is 76.7 Å². The molecule has 1 fully saturated rings. The fourth-order valence-corrected chi connectivity index (χ4v) is 4.65. The minimum absolute atomic E-state index is 0.146. The molecule has 2 aromatic rings. The number of carbonyl (C=O) groups excluding carboxylic acids is 2. The molecule has 1 atom stereocenters. The van der Waals surface area contributed by atoms with Crippen LogP contribution in [0.1, 0.15) is 46.4 Å². The maximum absolute atomic E-state index is 14.3. The lowest BCUT2D eigenvalue weighted by Crippen LogP contribution is -2.34. The maximum atomic E-state index is 14.3. The standard InChI is InChI=1S/C20H22FIN2O4S/c1-10-16(18(26)23-8-13-9-27-20(3,4)28-13)19(29-17(10)11(2)25)24-15-6-5-12(22)7-14(15)21/h5-7,13,24H,8-9H2,1-4H3,(H,23,26)/t13-/m0/s1. The van der Waals surface area contributed by atoms with Gasteiger partial charge in [-0.3, -0.25) is 9.59 Å². The largest absolute Gasteiger partial charge is 0.349 e. The Morgan fingerprint density at radius 1 is 1.38 bits per heavy atom. The van der Waals surface area contributed by atoms with Crippen molar-refractivity contribution in [2.24, 2.45) is 0 Å². The van der Waals surface area contributed by atoms with Crippen LogP contribution in [-0.4, -0.2) is 36.7 Å². The van der Waals surface area contributed by atoms with Crippen molar-refractivity contribution >= 4 is 56.3 Å². The number of amides is 1. The molecule has 0 unspecified atom stereocenters. The van der Waals surface area contributed by atoms with Crippen molar-refractivity contribution in [1.82, 2.24) is 5.32 Å². The highest BCUT2D eigenvalue weighted by Gasteiger charge is 2.33. The molecule has 1 aliphatic heterocycles. The second-order valence-corrected chi connectivity index (χ2v) is 9.49. The number of rotatable bonds is 6. The van der Waals surface area contributed by atoms with Gasteiger partial charge in [-0.15, -0.1) is 11.3 Å². The van der Waals surface area contributed by atoms with Crippen molar-refractivity contribution in [3.8, 4) is 0 Å². The van der Waals surface area contributed by atoms with Crippen molar-refractivity contribution in [2.45, 2.75) is 39.6 Å². The molecule has 0 aliphatic carbocycles. The van der Waals surface area contributed by atoms with E-state index in [9.17, 15) is 14.0 Å². The van der Waals surface area contributed by atoms with Gasteiger partial charge in [-0.2, -0.15) is 0 Å². The number of hydrogen-bond donors (Lipinski definition) is 2. The zero-order chi connectivity index (χ0) is 21.3. The Morgan fingerprint density at radius 2 is 2.10 bits per heavy atom. The molecule has 1 aromatic heterocycles. The van der Waals surface area contributed by atoms with E-state index < -0.39 is 11.6 Å². The molecular formula is C20H22FIN2O4S. The first kappa shape index (κ1) is 22.1. The van der Waals surface area contributed by atoms with Crippen molar-refractivity contribution < 1.29 is 23.5 Å². The van der Waals surface area contributed by atoms with Crippen molar-refractivity contribution in [3.63, 3.8) is 0 Å². The van der Waals surface area contributed by atoms with E-state index in [0.29, 0.717) is 27.6 Å². The van der Waals surface area contributed by atoms with Gasteiger partial charge in [0.1, 0.15) is 16.9 Å². The molecule has 29 heavy (non-hydrogen) atoms. The fraction of sp³-hybridized carbons (Fsp3) is 0.400. The molecule has 0 bridgehead atoms. The summed E-state index contributed by atoms with van der Waals surface area (Å²) in [5, 5.41) is 6.24. The number of nitrogens with one attached hydrogen (secondary N) is 2. The van der Waals surface area contributed by atoms with Gasteiger partial charge >= 0.3 is 0 Å². The summed E-state index contributed by atoms with van der Waals surface area (Å²) in [7, 11) is 0. The number of ether oxygens (including phenoxy) is 2. The molecule has 1 amide bonds. The zero-order valence-electron chi connectivity index (χ0n) is 16.5. The van der Waals surface area contributed by atoms with Crippen molar-refractivity contribution in [3.05, 3.63) is 43.6 Å². The second-order valence-electron chi connectivity index (χ2n) is 7.23. The second kappa shape index (κ2) is 8.66. The summed E-state index contributed by atoms with van der Waals surface area (Å²) < 4.78 is 26.3. The predicted octanol–water partition coefficient (Wildman–Crippen LogP) is 4.63. The molecule has 1 aromatic carbocycles. The quantitative estimate of drug-likeness (QED) is 0.420. The molecule has 156 valence electrons. The molecule has 6 nitrogen and oxygen atoms in total. The lowest BCUT2D eigenvalue weighted by Gasteiger charge is -2.17. The summed E-state index contributed by atoms with van der Waals surface area (Å²) in [6.07, 6.45) is -0.259. The fourth-order valence-electron chi connectivity index (χ4n) is 3.08. The Hall–Kier alpha value is -1.56. The lowest BCUT2D eigenvalue weighted by molar-refractivity contribution is -0.137. The molecular weight excluding hydrogens is 510 g/mol. The van der Waals surface area contributed by atoms with Crippen molar-refractivity contribution in [2.75, 3.05) is 18.5 Å². The molecule has 3 rings (SSSR count). The molecule has 0 spiro atoms. The van der Waals surface area contributed by atoms with Gasteiger partial charge in [-0.25, -0.2) is 4.39 Å². The highest BCUT2D eigenvalue weighted by molar-refractivity contribution is 14.1. The average molecular weight is 532 g/mol. The normalized spacial score (nSPS) is 17.9. The van der Waals surface area contributed by atoms with E-state index in [1.54, 1.807) is 19.1 Å². The van der Waals surface area contributed by atoms with Gasteiger partial charge in [-0.05, 0) is 74.0 Å². The van der Waals surface area contributed by atoms with Crippen LogP contribution in [0.2, 0.25) is 0 Å². The van der Waals surface area contributed by atoms with Crippen LogP contribution < -0.4 is 10.6 Å². The molecule has 9 heteroatoms. The summed E-state index contributed by atoms with van der Waals surface area (Å²) in [4.78, 5) is 25.4. The summed E-state index contributed by atoms with van der Waals surface area (Å²) in [6.45, 7) is 7.44. The van der Waals surface area contributed by atoms with E-state index >= 15 is 0 Å². The van der Waals surface area contributed by atoms with Crippen molar-refractivity contribution in [1.29, 1.82) is 0 Å².